The van der Waals surface area contributed by atoms with Crippen LogP contribution in [0.5, 0.6) is 0 Å². The highest BCUT2D eigenvalue weighted by molar-refractivity contribution is 7.92. The van der Waals surface area contributed by atoms with Gasteiger partial charge in [0, 0.05) is 0 Å². The second-order valence-corrected chi connectivity index (χ2v) is 6.52. The molecule has 0 amide bonds. The summed E-state index contributed by atoms with van der Waals surface area (Å²) in [5.41, 5.74) is 2.95. The second-order valence-electron chi connectivity index (χ2n) is 4.02. The van der Waals surface area contributed by atoms with E-state index < -0.39 is 10.0 Å². The molecule has 3 rings (SSSR count). The van der Waals surface area contributed by atoms with Crippen molar-refractivity contribution in [3.8, 4) is 0 Å². The van der Waals surface area contributed by atoms with Crippen LogP contribution in [0.25, 0.3) is 10.2 Å². The zero-order valence-electron chi connectivity index (χ0n) is 10.1. The molecule has 1 aromatic carbocycles. The van der Waals surface area contributed by atoms with E-state index in [1.165, 1.54) is 23.5 Å². The van der Waals surface area contributed by atoms with Gasteiger partial charge in [-0.3, -0.25) is 4.72 Å². The maximum Gasteiger partial charge on any atom is 0.295 e. The van der Waals surface area contributed by atoms with E-state index in [9.17, 15) is 8.42 Å². The number of anilines is 1. The summed E-state index contributed by atoms with van der Waals surface area (Å²) in [4.78, 5) is 4.12. The quantitative estimate of drug-likeness (QED) is 0.770. The van der Waals surface area contributed by atoms with Crippen molar-refractivity contribution < 1.29 is 17.9 Å². The molecule has 3 aromatic rings. The van der Waals surface area contributed by atoms with Gasteiger partial charge in [0.25, 0.3) is 10.0 Å². The van der Waals surface area contributed by atoms with Crippen LogP contribution in [0.1, 0.15) is 5.76 Å². The summed E-state index contributed by atoms with van der Waals surface area (Å²) in [5.74, 6) is 0.197. The maximum atomic E-state index is 12.1. The number of thiazole rings is 1. The summed E-state index contributed by atoms with van der Waals surface area (Å²) >= 11 is 1.43. The zero-order chi connectivity index (χ0) is 14.2. The Morgan fingerprint density at radius 3 is 2.90 bits per heavy atom. The molecule has 2 N–H and O–H groups in total. The Morgan fingerprint density at radius 1 is 1.30 bits per heavy atom. The summed E-state index contributed by atoms with van der Waals surface area (Å²) in [5, 5.41) is 8.66. The van der Waals surface area contributed by atoms with Gasteiger partial charge in [-0.15, -0.1) is 11.3 Å². The fourth-order valence-electron chi connectivity index (χ4n) is 1.71. The second kappa shape index (κ2) is 4.89. The number of benzene rings is 1. The van der Waals surface area contributed by atoms with Gasteiger partial charge >= 0.3 is 0 Å². The van der Waals surface area contributed by atoms with Crippen LogP contribution < -0.4 is 4.72 Å². The molecule has 0 radical (unpaired) electrons. The largest absolute Gasteiger partial charge is 0.445 e. The van der Waals surface area contributed by atoms with Gasteiger partial charge in [0.15, 0.2) is 0 Å². The molecule has 0 aliphatic heterocycles. The molecule has 0 atom stereocenters. The number of fused-ring (bicyclic) bond motifs is 1. The molecular formula is C12H10N2O4S2. The Labute approximate surface area is 118 Å². The third kappa shape index (κ3) is 2.40. The topological polar surface area (TPSA) is 92.4 Å². The van der Waals surface area contributed by atoms with Crippen molar-refractivity contribution >= 4 is 37.3 Å². The van der Waals surface area contributed by atoms with Gasteiger partial charge in [-0.2, -0.15) is 8.42 Å². The fraction of sp³-hybridized carbons (Fsp3) is 0.0833. The maximum absolute atomic E-state index is 12.1. The van der Waals surface area contributed by atoms with Crippen LogP contribution in [0.2, 0.25) is 0 Å². The van der Waals surface area contributed by atoms with Crippen LogP contribution in [0.4, 0.5) is 5.69 Å². The molecule has 0 saturated carbocycles. The van der Waals surface area contributed by atoms with E-state index in [1.807, 2.05) is 0 Å². The number of aromatic nitrogens is 1. The molecule has 8 heteroatoms. The Balaban J connectivity index is 1.92. The zero-order valence-corrected chi connectivity index (χ0v) is 11.7. The van der Waals surface area contributed by atoms with Crippen molar-refractivity contribution in [3.05, 3.63) is 41.6 Å². The minimum atomic E-state index is -3.80. The van der Waals surface area contributed by atoms with Crippen molar-refractivity contribution in [2.24, 2.45) is 0 Å². The Morgan fingerprint density at radius 2 is 2.15 bits per heavy atom. The van der Waals surface area contributed by atoms with Crippen LogP contribution in [0.3, 0.4) is 0 Å². The van der Waals surface area contributed by atoms with Crippen molar-refractivity contribution in [2.45, 2.75) is 11.7 Å². The predicted molar refractivity (Wildman–Crippen MR) is 75.1 cm³/mol. The van der Waals surface area contributed by atoms with Gasteiger partial charge in [0.1, 0.15) is 12.4 Å². The van der Waals surface area contributed by atoms with Crippen molar-refractivity contribution in [1.29, 1.82) is 0 Å². The van der Waals surface area contributed by atoms with Crippen molar-refractivity contribution in [3.63, 3.8) is 0 Å². The molecule has 0 unspecified atom stereocenters. The minimum absolute atomic E-state index is 0.197. The lowest BCUT2D eigenvalue weighted by molar-refractivity contribution is 0.236. The molecule has 2 heterocycles. The molecule has 0 aliphatic rings. The number of aliphatic hydroxyl groups excluding tert-OH is 1. The Hall–Kier alpha value is -1.90. The van der Waals surface area contributed by atoms with E-state index in [0.717, 1.165) is 10.2 Å². The summed E-state index contributed by atoms with van der Waals surface area (Å²) < 4.78 is 32.6. The van der Waals surface area contributed by atoms with E-state index in [1.54, 1.807) is 23.7 Å². The summed E-state index contributed by atoms with van der Waals surface area (Å²) in [6.45, 7) is -0.345. The molecule has 2 aromatic heterocycles. The highest BCUT2D eigenvalue weighted by Gasteiger charge is 2.19. The van der Waals surface area contributed by atoms with Gasteiger partial charge in [-0.1, -0.05) is 0 Å². The Kier molecular flexibility index (Phi) is 3.20. The highest BCUT2D eigenvalue weighted by Crippen LogP contribution is 2.24. The number of nitrogens with zero attached hydrogens (tertiary/aromatic N) is 1. The molecule has 0 bridgehead atoms. The third-order valence-electron chi connectivity index (χ3n) is 2.64. The van der Waals surface area contributed by atoms with Crippen LogP contribution in [0, 0.1) is 0 Å². The summed E-state index contributed by atoms with van der Waals surface area (Å²) in [6.07, 6.45) is 0. The molecule has 0 saturated heterocycles. The molecule has 104 valence electrons. The number of sulfonamides is 1. The fourth-order valence-corrected chi connectivity index (χ4v) is 3.43. The van der Waals surface area contributed by atoms with Gasteiger partial charge in [-0.25, -0.2) is 4.98 Å². The van der Waals surface area contributed by atoms with E-state index in [4.69, 9.17) is 9.52 Å². The van der Waals surface area contributed by atoms with Crippen molar-refractivity contribution in [2.75, 3.05) is 4.72 Å². The first-order chi connectivity index (χ1) is 9.58. The normalized spacial score (nSPS) is 11.8. The SMILES string of the molecule is O=S(=O)(Nc1ccc2ncsc2c1)c1ccc(CO)o1. The molecule has 0 spiro atoms. The van der Waals surface area contributed by atoms with Gasteiger partial charge in [-0.05, 0) is 30.3 Å². The van der Waals surface area contributed by atoms with E-state index in [0.29, 0.717) is 5.69 Å². The third-order valence-corrected chi connectivity index (χ3v) is 4.69. The monoisotopic (exact) mass is 310 g/mol. The smallest absolute Gasteiger partial charge is 0.295 e. The van der Waals surface area contributed by atoms with E-state index in [-0.39, 0.29) is 17.5 Å². The van der Waals surface area contributed by atoms with E-state index in [2.05, 4.69) is 9.71 Å². The van der Waals surface area contributed by atoms with Gasteiger partial charge < -0.3 is 9.52 Å². The number of hydrogen-bond donors (Lipinski definition) is 2. The van der Waals surface area contributed by atoms with Gasteiger partial charge in [0.2, 0.25) is 5.09 Å². The first kappa shape index (κ1) is 13.1. The lowest BCUT2D eigenvalue weighted by Crippen LogP contribution is -2.11. The van der Waals surface area contributed by atoms with Crippen molar-refractivity contribution in [1.82, 2.24) is 4.98 Å². The Bertz CT molecular complexity index is 851. The standard InChI is InChI=1S/C12H10N2O4S2/c15-6-9-2-4-12(18-9)20(16,17)14-8-1-3-10-11(5-8)19-7-13-10/h1-5,7,14-15H,6H2. The first-order valence-corrected chi connectivity index (χ1v) is 8.00. The molecule has 20 heavy (non-hydrogen) atoms. The molecule has 0 fully saturated rings. The minimum Gasteiger partial charge on any atom is -0.445 e. The number of aliphatic hydroxyl groups is 1. The summed E-state index contributed by atoms with van der Waals surface area (Å²) in [7, 11) is -3.80. The molecule has 6 nitrogen and oxygen atoms in total. The van der Waals surface area contributed by atoms with Crippen LogP contribution in [0.15, 0.2) is 45.4 Å². The lowest BCUT2D eigenvalue weighted by Gasteiger charge is -2.05. The lowest BCUT2D eigenvalue weighted by atomic mass is 10.3. The predicted octanol–water partition coefficient (Wildman–Crippen LogP) is 2.18. The van der Waals surface area contributed by atoms with Gasteiger partial charge in [0.05, 0.1) is 21.4 Å². The van der Waals surface area contributed by atoms with E-state index >= 15 is 0 Å². The molecular weight excluding hydrogens is 300 g/mol. The number of furan rings is 1. The molecule has 0 aliphatic carbocycles. The number of nitrogens with one attached hydrogen (secondary N) is 1. The first-order valence-electron chi connectivity index (χ1n) is 5.64. The van der Waals surface area contributed by atoms with Crippen LogP contribution in [-0.2, 0) is 16.6 Å². The number of hydrogen-bond acceptors (Lipinski definition) is 6. The van der Waals surface area contributed by atoms with Crippen LogP contribution >= 0.6 is 11.3 Å². The number of rotatable bonds is 4. The average Bonchev–Trinajstić information content (AvgIpc) is 3.06. The average molecular weight is 310 g/mol. The summed E-state index contributed by atoms with van der Waals surface area (Å²) in [6, 6.07) is 7.81. The highest BCUT2D eigenvalue weighted by atomic mass is 32.2. The van der Waals surface area contributed by atoms with Crippen LogP contribution in [-0.4, -0.2) is 18.5 Å².